The van der Waals surface area contributed by atoms with Crippen molar-refractivity contribution in [2.75, 3.05) is 56.2 Å². The smallest absolute Gasteiger partial charge is 0.246 e. The van der Waals surface area contributed by atoms with Gasteiger partial charge in [0.15, 0.2) is 0 Å². The number of piperazine rings is 1. The molecule has 9 nitrogen and oxygen atoms in total. The molecule has 3 aliphatic rings. The van der Waals surface area contributed by atoms with E-state index >= 15 is 0 Å². The van der Waals surface area contributed by atoms with Crippen LogP contribution < -0.4 is 14.5 Å². The summed E-state index contributed by atoms with van der Waals surface area (Å²) in [5.41, 5.74) is 5.66. The van der Waals surface area contributed by atoms with Gasteiger partial charge in [0.25, 0.3) is 0 Å². The molecule has 0 unspecified atom stereocenters. The van der Waals surface area contributed by atoms with Gasteiger partial charge in [-0.3, -0.25) is 4.79 Å². The van der Waals surface area contributed by atoms with Crippen LogP contribution in [0.5, 0.6) is 5.88 Å². The maximum atomic E-state index is 12.6. The monoisotopic (exact) mass is 589 g/mol. The quantitative estimate of drug-likeness (QED) is 0.370. The largest absolute Gasteiger partial charge is 0.475 e. The van der Waals surface area contributed by atoms with E-state index < -0.39 is 0 Å². The number of nitrogens with zero attached hydrogens (tertiary/aromatic N) is 7. The Morgan fingerprint density at radius 3 is 2.66 bits per heavy atom. The zero-order valence-corrected chi connectivity index (χ0v) is 25.6. The highest BCUT2D eigenvalue weighted by atomic mass is 16.5. The number of aryl methyl sites for hydroxylation is 1. The molecule has 2 saturated heterocycles. The maximum Gasteiger partial charge on any atom is 0.246 e. The van der Waals surface area contributed by atoms with E-state index in [0.717, 1.165) is 49.3 Å². The van der Waals surface area contributed by atoms with Gasteiger partial charge in [0.1, 0.15) is 18.2 Å². The van der Waals surface area contributed by atoms with Gasteiger partial charge in [0.2, 0.25) is 11.8 Å². The van der Waals surface area contributed by atoms with Gasteiger partial charge in [-0.05, 0) is 62.9 Å². The molecule has 0 spiro atoms. The van der Waals surface area contributed by atoms with E-state index in [1.54, 1.807) is 4.90 Å². The summed E-state index contributed by atoms with van der Waals surface area (Å²) in [7, 11) is 2.11. The van der Waals surface area contributed by atoms with Crippen LogP contribution in [0, 0.1) is 29.6 Å². The number of anilines is 2. The summed E-state index contributed by atoms with van der Waals surface area (Å²) in [4.78, 5) is 26.3. The molecule has 2 atom stereocenters. The molecular weight excluding hydrogens is 550 g/mol. The molecule has 3 aromatic rings. The SMILES string of the molecule is C=CC(=O)N1CCN(c2c(C#N)c(OC[C@H]3CCCN3C)nc3c2CCN(c2cccc4cccc(C)c24)C3)C[C@@H]1CC#N. The number of nitriles is 2. The van der Waals surface area contributed by atoms with E-state index in [0.29, 0.717) is 44.2 Å². The second-order valence-electron chi connectivity index (χ2n) is 12.1. The van der Waals surface area contributed by atoms with E-state index in [9.17, 15) is 15.3 Å². The van der Waals surface area contributed by atoms with Crippen LogP contribution in [0.1, 0.15) is 41.6 Å². The van der Waals surface area contributed by atoms with Crippen LogP contribution in [0.15, 0.2) is 49.1 Å². The Labute approximate surface area is 259 Å². The lowest BCUT2D eigenvalue weighted by Crippen LogP contribution is -2.55. The molecule has 2 aromatic carbocycles. The topological polar surface area (TPSA) is 99.7 Å². The summed E-state index contributed by atoms with van der Waals surface area (Å²) in [6.07, 6.45) is 4.42. The standard InChI is InChI=1S/C35H39N7O2/c1-4-32(43)42-19-18-41(21-26(42)13-15-36)34-28-14-17-40(31-12-6-10-25-9-5-8-24(2)33(25)31)22-30(28)38-35(29(34)20-37)44-23-27-11-7-16-39(27)3/h4-6,8-10,12,26-27H,1,7,11,13-14,16-19,21-23H2,2-3H3/t26-,27+/m0/s1. The van der Waals surface area contributed by atoms with Crippen LogP contribution in [-0.4, -0.2) is 79.2 Å². The van der Waals surface area contributed by atoms with E-state index in [4.69, 9.17) is 9.72 Å². The number of fused-ring (bicyclic) bond motifs is 2. The molecule has 0 N–H and O–H groups in total. The van der Waals surface area contributed by atoms with Crippen molar-refractivity contribution in [3.63, 3.8) is 0 Å². The highest BCUT2D eigenvalue weighted by Crippen LogP contribution is 2.40. The summed E-state index contributed by atoms with van der Waals surface area (Å²) in [6, 6.07) is 17.5. The third-order valence-corrected chi connectivity index (χ3v) is 9.50. The van der Waals surface area contributed by atoms with Crippen molar-refractivity contribution in [3.8, 4) is 18.0 Å². The van der Waals surface area contributed by atoms with Crippen LogP contribution in [-0.2, 0) is 17.8 Å². The molecule has 0 radical (unpaired) electrons. The van der Waals surface area contributed by atoms with Gasteiger partial charge in [-0.25, -0.2) is 4.98 Å². The number of benzene rings is 2. The average molecular weight is 590 g/mol. The van der Waals surface area contributed by atoms with Crippen LogP contribution >= 0.6 is 0 Å². The molecule has 6 rings (SSSR count). The first kappa shape index (κ1) is 29.5. The number of rotatable bonds is 7. The zero-order valence-electron chi connectivity index (χ0n) is 25.6. The molecule has 9 heteroatoms. The van der Waals surface area contributed by atoms with Gasteiger partial charge < -0.3 is 24.3 Å². The van der Waals surface area contributed by atoms with Crippen molar-refractivity contribution >= 4 is 28.1 Å². The van der Waals surface area contributed by atoms with E-state index in [-0.39, 0.29) is 24.4 Å². The van der Waals surface area contributed by atoms with Crippen molar-refractivity contribution in [1.29, 1.82) is 10.5 Å². The summed E-state index contributed by atoms with van der Waals surface area (Å²) in [5.74, 6) is 0.201. The van der Waals surface area contributed by atoms with Crippen molar-refractivity contribution in [3.05, 3.63) is 71.4 Å². The summed E-state index contributed by atoms with van der Waals surface area (Å²) in [6.45, 7) is 10.1. The molecular formula is C35H39N7O2. The summed E-state index contributed by atoms with van der Waals surface area (Å²) in [5, 5.41) is 22.6. The maximum absolute atomic E-state index is 12.6. The second-order valence-corrected chi connectivity index (χ2v) is 12.1. The van der Waals surface area contributed by atoms with Crippen LogP contribution in [0.3, 0.4) is 0 Å². The van der Waals surface area contributed by atoms with Gasteiger partial charge in [-0.15, -0.1) is 0 Å². The first-order valence-corrected chi connectivity index (χ1v) is 15.5. The zero-order chi connectivity index (χ0) is 30.8. The fourth-order valence-corrected chi connectivity index (χ4v) is 7.17. The van der Waals surface area contributed by atoms with E-state index in [1.807, 2.05) is 0 Å². The Kier molecular flexibility index (Phi) is 8.41. The minimum absolute atomic E-state index is 0.173. The lowest BCUT2D eigenvalue weighted by molar-refractivity contribution is -0.128. The van der Waals surface area contributed by atoms with E-state index in [1.165, 1.54) is 28.1 Å². The van der Waals surface area contributed by atoms with Gasteiger partial charge >= 0.3 is 0 Å². The third kappa shape index (κ3) is 5.44. The molecule has 2 fully saturated rings. The van der Waals surface area contributed by atoms with Gasteiger partial charge in [0.05, 0.1) is 36.5 Å². The van der Waals surface area contributed by atoms with Gasteiger partial charge in [0, 0.05) is 48.9 Å². The van der Waals surface area contributed by atoms with E-state index in [2.05, 4.69) is 83.8 Å². The second kappa shape index (κ2) is 12.6. The highest BCUT2D eigenvalue weighted by Gasteiger charge is 2.35. The Morgan fingerprint density at radius 1 is 1.11 bits per heavy atom. The Bertz CT molecular complexity index is 1670. The normalized spacial score (nSPS) is 20.2. The number of ether oxygens (including phenoxy) is 1. The lowest BCUT2D eigenvalue weighted by Gasteiger charge is -2.43. The first-order valence-electron chi connectivity index (χ1n) is 15.5. The number of hydrogen-bond acceptors (Lipinski definition) is 8. The number of carbonyl (C=O) groups is 1. The third-order valence-electron chi connectivity index (χ3n) is 9.50. The van der Waals surface area contributed by atoms with Crippen molar-refractivity contribution in [2.45, 2.75) is 51.2 Å². The van der Waals surface area contributed by atoms with Crippen LogP contribution in [0.2, 0.25) is 0 Å². The number of hydrogen-bond donors (Lipinski definition) is 0. The van der Waals surface area contributed by atoms with Crippen LogP contribution in [0.25, 0.3) is 10.8 Å². The Hall–Kier alpha value is -4.60. The average Bonchev–Trinajstić information content (AvgIpc) is 3.46. The van der Waals surface area contributed by atoms with Crippen molar-refractivity contribution in [2.24, 2.45) is 0 Å². The minimum Gasteiger partial charge on any atom is -0.475 e. The highest BCUT2D eigenvalue weighted by molar-refractivity contribution is 5.97. The number of aromatic nitrogens is 1. The number of amides is 1. The molecule has 1 aromatic heterocycles. The molecule has 0 saturated carbocycles. The number of likely N-dealkylation sites (N-methyl/N-ethyl adjacent to an activating group) is 1. The summed E-state index contributed by atoms with van der Waals surface area (Å²) < 4.78 is 6.41. The van der Waals surface area contributed by atoms with Gasteiger partial charge in [-0.1, -0.05) is 36.9 Å². The predicted octanol–water partition coefficient (Wildman–Crippen LogP) is 4.57. The summed E-state index contributed by atoms with van der Waals surface area (Å²) >= 11 is 0. The number of carbonyl (C=O) groups excluding carboxylic acids is 1. The molecule has 0 bridgehead atoms. The fraction of sp³-hybridized carbons (Fsp3) is 0.429. The molecule has 4 heterocycles. The molecule has 0 aliphatic carbocycles. The lowest BCUT2D eigenvalue weighted by atomic mass is 9.95. The van der Waals surface area contributed by atoms with Crippen molar-refractivity contribution < 1.29 is 9.53 Å². The molecule has 226 valence electrons. The Morgan fingerprint density at radius 2 is 1.93 bits per heavy atom. The Balaban J connectivity index is 1.41. The molecule has 1 amide bonds. The minimum atomic E-state index is -0.301. The first-order chi connectivity index (χ1) is 21.4. The van der Waals surface area contributed by atoms with Crippen molar-refractivity contribution in [1.82, 2.24) is 14.8 Å². The predicted molar refractivity (Wildman–Crippen MR) is 172 cm³/mol. The van der Waals surface area contributed by atoms with Crippen LogP contribution in [0.4, 0.5) is 11.4 Å². The fourth-order valence-electron chi connectivity index (χ4n) is 7.17. The molecule has 3 aliphatic heterocycles. The van der Waals surface area contributed by atoms with Gasteiger partial charge in [-0.2, -0.15) is 10.5 Å². The number of pyridine rings is 1. The molecule has 44 heavy (non-hydrogen) atoms. The number of likely N-dealkylation sites (tertiary alicyclic amines) is 1.